The van der Waals surface area contributed by atoms with Crippen LogP contribution in [-0.4, -0.2) is 25.0 Å². The van der Waals surface area contributed by atoms with E-state index in [2.05, 4.69) is 4.99 Å². The predicted octanol–water partition coefficient (Wildman–Crippen LogP) is 2.56. The molecule has 4 rings (SSSR count). The van der Waals surface area contributed by atoms with Crippen LogP contribution in [0.5, 0.6) is 0 Å². The van der Waals surface area contributed by atoms with Crippen molar-refractivity contribution in [3.8, 4) is 0 Å². The van der Waals surface area contributed by atoms with Gasteiger partial charge in [0.1, 0.15) is 4.91 Å². The van der Waals surface area contributed by atoms with Crippen molar-refractivity contribution in [2.45, 2.75) is 4.90 Å². The molecule has 0 atom stereocenters. The number of hydrogen-bond acceptors (Lipinski definition) is 5. The fourth-order valence-corrected chi connectivity index (χ4v) is 4.35. The van der Waals surface area contributed by atoms with Gasteiger partial charge in [0.15, 0.2) is 5.76 Å². The number of rotatable bonds is 0. The number of benzene rings is 2. The molecule has 1 N–H and O–H groups in total. The number of aliphatic imine (C=N–C) groups is 1. The van der Waals surface area contributed by atoms with E-state index in [1.807, 2.05) is 0 Å². The van der Waals surface area contributed by atoms with E-state index in [4.69, 9.17) is 0 Å². The smallest absolute Gasteiger partial charge is 0.229 e. The largest absolute Gasteiger partial charge is 0.503 e. The van der Waals surface area contributed by atoms with Crippen LogP contribution in [0.3, 0.4) is 0 Å². The normalized spacial score (nSPS) is 18.2. The lowest BCUT2D eigenvalue weighted by Gasteiger charge is -2.24. The topological polar surface area (TPSA) is 83.8 Å². The average molecular weight is 311 g/mol. The molecule has 0 radical (unpaired) electrons. The van der Waals surface area contributed by atoms with Gasteiger partial charge < -0.3 is 5.11 Å². The van der Waals surface area contributed by atoms with E-state index >= 15 is 0 Å². The highest BCUT2D eigenvalue weighted by Gasteiger charge is 2.41. The predicted molar refractivity (Wildman–Crippen MR) is 80.3 cm³/mol. The van der Waals surface area contributed by atoms with E-state index in [0.29, 0.717) is 11.3 Å². The van der Waals surface area contributed by atoms with Gasteiger partial charge in [-0.1, -0.05) is 36.4 Å². The van der Waals surface area contributed by atoms with E-state index in [-0.39, 0.29) is 16.2 Å². The molecule has 0 unspecified atom stereocenters. The molecule has 0 saturated carbocycles. The second-order valence-corrected chi connectivity index (χ2v) is 6.84. The van der Waals surface area contributed by atoms with Crippen LogP contribution in [0.2, 0.25) is 0 Å². The third kappa shape index (κ3) is 1.50. The number of nitrogens with zero attached hydrogens (tertiary/aromatic N) is 1. The van der Waals surface area contributed by atoms with Crippen molar-refractivity contribution in [2.75, 3.05) is 0 Å². The molecule has 1 aliphatic heterocycles. The van der Waals surface area contributed by atoms with E-state index in [9.17, 15) is 18.3 Å². The van der Waals surface area contributed by atoms with E-state index < -0.39 is 26.3 Å². The molecule has 0 spiro atoms. The van der Waals surface area contributed by atoms with Gasteiger partial charge in [0.2, 0.25) is 15.6 Å². The Labute approximate surface area is 126 Å². The molecule has 22 heavy (non-hydrogen) atoms. The molecule has 2 aromatic rings. The SMILES string of the molecule is O=C1C(O)=C2C(=Nc3ccccc3S2(=O)=O)c2ccccc21. The minimum atomic E-state index is -3.99. The van der Waals surface area contributed by atoms with Crippen molar-refractivity contribution in [1.82, 2.24) is 0 Å². The number of Topliss-reactive ketones (excluding diaryl/α,β-unsaturated/α-hetero) is 1. The molecule has 0 bridgehead atoms. The maximum absolute atomic E-state index is 12.8. The zero-order chi connectivity index (χ0) is 15.5. The Morgan fingerprint density at radius 1 is 0.909 bits per heavy atom. The number of allylic oxidation sites excluding steroid dienone is 2. The van der Waals surface area contributed by atoms with Gasteiger partial charge in [-0.25, -0.2) is 13.4 Å². The first-order valence-electron chi connectivity index (χ1n) is 6.52. The molecule has 6 heteroatoms. The Kier molecular flexibility index (Phi) is 2.44. The number of carbonyl (C=O) groups is 1. The number of para-hydroxylation sites is 1. The van der Waals surface area contributed by atoms with Crippen LogP contribution < -0.4 is 0 Å². The summed E-state index contributed by atoms with van der Waals surface area (Å²) in [4.78, 5) is 16.2. The van der Waals surface area contributed by atoms with Crippen LogP contribution in [0.1, 0.15) is 15.9 Å². The van der Waals surface area contributed by atoms with Gasteiger partial charge in [-0.3, -0.25) is 4.79 Å². The Morgan fingerprint density at radius 3 is 2.32 bits per heavy atom. The third-order valence-electron chi connectivity index (χ3n) is 3.73. The van der Waals surface area contributed by atoms with Crippen LogP contribution in [0.15, 0.2) is 69.1 Å². The van der Waals surface area contributed by atoms with Crippen LogP contribution in [0.25, 0.3) is 0 Å². The summed E-state index contributed by atoms with van der Waals surface area (Å²) in [5.41, 5.74) is 1.08. The Morgan fingerprint density at radius 2 is 1.55 bits per heavy atom. The van der Waals surface area contributed by atoms with E-state index in [1.54, 1.807) is 42.5 Å². The summed E-state index contributed by atoms with van der Waals surface area (Å²) in [5, 5.41) is 10.2. The minimum Gasteiger partial charge on any atom is -0.503 e. The summed E-state index contributed by atoms with van der Waals surface area (Å²) in [6.07, 6.45) is 0. The quantitative estimate of drug-likeness (QED) is 0.810. The fourth-order valence-electron chi connectivity index (χ4n) is 2.73. The molecule has 0 saturated heterocycles. The highest BCUT2D eigenvalue weighted by molar-refractivity contribution is 7.96. The second-order valence-electron chi connectivity index (χ2n) is 4.98. The number of hydrogen-bond donors (Lipinski definition) is 1. The first-order chi connectivity index (χ1) is 10.5. The summed E-state index contributed by atoms with van der Waals surface area (Å²) < 4.78 is 25.5. The van der Waals surface area contributed by atoms with Gasteiger partial charge in [0.25, 0.3) is 0 Å². The fraction of sp³-hybridized carbons (Fsp3) is 0. The monoisotopic (exact) mass is 311 g/mol. The van der Waals surface area contributed by atoms with Crippen molar-refractivity contribution in [3.05, 3.63) is 70.3 Å². The highest BCUT2D eigenvalue weighted by Crippen LogP contribution is 2.40. The lowest BCUT2D eigenvalue weighted by atomic mass is 9.92. The molecule has 5 nitrogen and oxygen atoms in total. The molecular formula is C16H9NO4S. The minimum absolute atomic E-state index is 0.00696. The van der Waals surface area contributed by atoms with Crippen molar-refractivity contribution < 1.29 is 18.3 Å². The van der Waals surface area contributed by atoms with E-state index in [1.165, 1.54) is 6.07 Å². The molecule has 0 aromatic heterocycles. The molecule has 108 valence electrons. The Balaban J connectivity index is 2.18. The molecule has 2 aliphatic rings. The number of ketones is 1. The van der Waals surface area contributed by atoms with E-state index in [0.717, 1.165) is 0 Å². The summed E-state index contributed by atoms with van der Waals surface area (Å²) in [6, 6.07) is 12.8. The average Bonchev–Trinajstić information content (AvgIpc) is 2.52. The van der Waals surface area contributed by atoms with Crippen molar-refractivity contribution >= 4 is 27.0 Å². The lowest BCUT2D eigenvalue weighted by molar-refractivity contribution is 0.0975. The van der Waals surface area contributed by atoms with Gasteiger partial charge in [-0.05, 0) is 12.1 Å². The number of aliphatic hydroxyl groups is 1. The van der Waals surface area contributed by atoms with Crippen LogP contribution >= 0.6 is 0 Å². The van der Waals surface area contributed by atoms with Gasteiger partial charge in [-0.15, -0.1) is 0 Å². The van der Waals surface area contributed by atoms with Crippen molar-refractivity contribution in [1.29, 1.82) is 0 Å². The first-order valence-corrected chi connectivity index (χ1v) is 8.00. The van der Waals surface area contributed by atoms with Gasteiger partial charge in [0, 0.05) is 11.1 Å². The number of sulfone groups is 1. The Bertz CT molecular complexity index is 1020. The lowest BCUT2D eigenvalue weighted by Crippen LogP contribution is -2.29. The summed E-state index contributed by atoms with van der Waals surface area (Å²) in [6.45, 7) is 0. The van der Waals surface area contributed by atoms with Crippen LogP contribution in [0.4, 0.5) is 5.69 Å². The van der Waals surface area contributed by atoms with Crippen molar-refractivity contribution in [2.24, 2.45) is 4.99 Å². The molecular weight excluding hydrogens is 302 g/mol. The zero-order valence-electron chi connectivity index (χ0n) is 11.1. The van der Waals surface area contributed by atoms with Gasteiger partial charge in [-0.2, -0.15) is 0 Å². The maximum atomic E-state index is 12.8. The van der Waals surface area contributed by atoms with Gasteiger partial charge >= 0.3 is 0 Å². The molecule has 1 heterocycles. The number of carbonyl (C=O) groups excluding carboxylic acids is 1. The maximum Gasteiger partial charge on any atom is 0.229 e. The number of fused-ring (bicyclic) bond motifs is 4. The van der Waals surface area contributed by atoms with Crippen LogP contribution in [-0.2, 0) is 9.84 Å². The van der Waals surface area contributed by atoms with Crippen molar-refractivity contribution in [3.63, 3.8) is 0 Å². The van der Waals surface area contributed by atoms with Crippen LogP contribution in [0, 0.1) is 0 Å². The summed E-state index contributed by atoms with van der Waals surface area (Å²) in [7, 11) is -3.99. The highest BCUT2D eigenvalue weighted by atomic mass is 32.2. The second kappa shape index (κ2) is 4.14. The number of aliphatic hydroxyl groups excluding tert-OH is 1. The molecule has 2 aromatic carbocycles. The third-order valence-corrected chi connectivity index (χ3v) is 5.58. The zero-order valence-corrected chi connectivity index (χ0v) is 12.0. The summed E-state index contributed by atoms with van der Waals surface area (Å²) >= 11 is 0. The molecule has 0 amide bonds. The first kappa shape index (κ1) is 13.0. The standard InChI is InChI=1S/C16H9NO4S/c18-14-10-6-2-1-5-9(10)13-16(15(14)19)22(20,21)12-8-4-3-7-11(12)17-13/h1-8,19H. The Hall–Kier alpha value is -2.73. The van der Waals surface area contributed by atoms with Gasteiger partial charge in [0.05, 0.1) is 16.3 Å². The molecule has 0 fully saturated rings. The molecule has 1 aliphatic carbocycles. The summed E-state index contributed by atoms with van der Waals surface area (Å²) in [5.74, 6) is -1.47.